The summed E-state index contributed by atoms with van der Waals surface area (Å²) in [6.07, 6.45) is 5.26. The fourth-order valence-corrected chi connectivity index (χ4v) is 2.09. The molecular weight excluding hydrogens is 164 g/mol. The van der Waals surface area contributed by atoms with Crippen LogP contribution in [-0.2, 0) is 9.47 Å². The van der Waals surface area contributed by atoms with Gasteiger partial charge in [-0.05, 0) is 26.7 Å². The summed E-state index contributed by atoms with van der Waals surface area (Å²) in [5, 5.41) is 0. The van der Waals surface area contributed by atoms with Crippen molar-refractivity contribution in [2.45, 2.75) is 39.5 Å². The first kappa shape index (κ1) is 11.0. The quantitative estimate of drug-likeness (QED) is 0.635. The van der Waals surface area contributed by atoms with Crippen molar-refractivity contribution < 1.29 is 9.47 Å². The topological polar surface area (TPSA) is 18.5 Å². The highest BCUT2D eigenvalue weighted by Gasteiger charge is 2.34. The Morgan fingerprint density at radius 3 is 1.77 bits per heavy atom. The van der Waals surface area contributed by atoms with Crippen molar-refractivity contribution in [3.8, 4) is 0 Å². The molecule has 1 aliphatic rings. The Morgan fingerprint density at radius 1 is 0.923 bits per heavy atom. The van der Waals surface area contributed by atoms with Gasteiger partial charge in [0.05, 0.1) is 13.2 Å². The second kappa shape index (κ2) is 5.61. The van der Waals surface area contributed by atoms with Gasteiger partial charge in [0, 0.05) is 18.6 Å². The van der Waals surface area contributed by atoms with E-state index in [-0.39, 0.29) is 0 Å². The lowest BCUT2D eigenvalue weighted by atomic mass is 9.88. The largest absolute Gasteiger partial charge is 0.381 e. The Labute approximate surface area is 81.6 Å². The first-order chi connectivity index (χ1) is 6.33. The molecule has 0 unspecified atom stereocenters. The van der Waals surface area contributed by atoms with Crippen LogP contribution in [0.25, 0.3) is 0 Å². The first-order valence-electron chi connectivity index (χ1n) is 5.48. The van der Waals surface area contributed by atoms with Crippen LogP contribution in [0.2, 0.25) is 0 Å². The second-order valence-electron chi connectivity index (χ2n) is 3.98. The molecule has 0 radical (unpaired) electrons. The van der Waals surface area contributed by atoms with Gasteiger partial charge >= 0.3 is 0 Å². The molecule has 2 heteroatoms. The molecule has 2 nitrogen and oxygen atoms in total. The van der Waals surface area contributed by atoms with Gasteiger partial charge in [-0.3, -0.25) is 0 Å². The van der Waals surface area contributed by atoms with Gasteiger partial charge in [0.1, 0.15) is 0 Å². The Morgan fingerprint density at radius 2 is 1.38 bits per heavy atom. The Balaban J connectivity index is 2.33. The molecule has 1 aliphatic carbocycles. The summed E-state index contributed by atoms with van der Waals surface area (Å²) in [4.78, 5) is 0. The third-order valence-corrected chi connectivity index (χ3v) is 2.89. The van der Waals surface area contributed by atoms with Crippen molar-refractivity contribution in [3.05, 3.63) is 0 Å². The molecule has 1 saturated carbocycles. The van der Waals surface area contributed by atoms with E-state index in [4.69, 9.17) is 9.47 Å². The molecule has 0 aliphatic heterocycles. The lowest BCUT2D eigenvalue weighted by molar-refractivity contribution is -0.0129. The molecule has 0 amide bonds. The van der Waals surface area contributed by atoms with Crippen molar-refractivity contribution in [1.29, 1.82) is 0 Å². The van der Waals surface area contributed by atoms with E-state index in [0.717, 1.165) is 26.4 Å². The molecule has 78 valence electrons. The summed E-state index contributed by atoms with van der Waals surface area (Å²) in [5.74, 6) is 0. The van der Waals surface area contributed by atoms with Gasteiger partial charge in [-0.1, -0.05) is 12.8 Å². The Hall–Kier alpha value is -0.0800. The van der Waals surface area contributed by atoms with E-state index in [9.17, 15) is 0 Å². The maximum absolute atomic E-state index is 5.54. The summed E-state index contributed by atoms with van der Waals surface area (Å²) in [6.45, 7) is 7.56. The summed E-state index contributed by atoms with van der Waals surface area (Å²) in [5.41, 5.74) is 0.353. The van der Waals surface area contributed by atoms with Gasteiger partial charge in [0.15, 0.2) is 0 Å². The lowest BCUT2D eigenvalue weighted by Gasteiger charge is -2.27. The van der Waals surface area contributed by atoms with Crippen molar-refractivity contribution in [2.24, 2.45) is 5.41 Å². The number of hydrogen-bond acceptors (Lipinski definition) is 2. The maximum atomic E-state index is 5.54. The van der Waals surface area contributed by atoms with Crippen LogP contribution in [-0.4, -0.2) is 26.4 Å². The molecule has 0 heterocycles. The molecule has 0 saturated heterocycles. The van der Waals surface area contributed by atoms with Crippen LogP contribution in [0, 0.1) is 5.41 Å². The molecule has 13 heavy (non-hydrogen) atoms. The van der Waals surface area contributed by atoms with Crippen LogP contribution in [0.4, 0.5) is 0 Å². The van der Waals surface area contributed by atoms with Gasteiger partial charge in [-0.2, -0.15) is 0 Å². The van der Waals surface area contributed by atoms with Crippen LogP contribution in [0.3, 0.4) is 0 Å². The van der Waals surface area contributed by atoms with Crippen LogP contribution in [0.1, 0.15) is 39.5 Å². The minimum absolute atomic E-state index is 0.353. The van der Waals surface area contributed by atoms with Crippen molar-refractivity contribution in [3.63, 3.8) is 0 Å². The SMILES string of the molecule is CCOCC1(COCC)CCCC1. The minimum Gasteiger partial charge on any atom is -0.381 e. The van der Waals surface area contributed by atoms with Gasteiger partial charge in [0.2, 0.25) is 0 Å². The van der Waals surface area contributed by atoms with E-state index in [1.54, 1.807) is 0 Å². The molecule has 0 N–H and O–H groups in total. The highest BCUT2D eigenvalue weighted by Crippen LogP contribution is 2.38. The fraction of sp³-hybridized carbons (Fsp3) is 1.00. The van der Waals surface area contributed by atoms with Crippen molar-refractivity contribution in [1.82, 2.24) is 0 Å². The average Bonchev–Trinajstić information content (AvgIpc) is 2.61. The Kier molecular flexibility index (Phi) is 4.74. The monoisotopic (exact) mass is 186 g/mol. The number of ether oxygens (including phenoxy) is 2. The van der Waals surface area contributed by atoms with E-state index in [1.807, 2.05) is 0 Å². The van der Waals surface area contributed by atoms with Gasteiger partial charge < -0.3 is 9.47 Å². The highest BCUT2D eigenvalue weighted by atomic mass is 16.5. The first-order valence-corrected chi connectivity index (χ1v) is 5.48. The zero-order valence-corrected chi connectivity index (χ0v) is 8.97. The van der Waals surface area contributed by atoms with E-state index in [0.29, 0.717) is 5.41 Å². The van der Waals surface area contributed by atoms with E-state index >= 15 is 0 Å². The molecule has 0 spiro atoms. The molecule has 0 aromatic rings. The zero-order chi connectivity index (χ0) is 9.57. The summed E-state index contributed by atoms with van der Waals surface area (Å²) >= 11 is 0. The van der Waals surface area contributed by atoms with E-state index < -0.39 is 0 Å². The number of rotatable bonds is 6. The molecule has 0 aromatic carbocycles. The van der Waals surface area contributed by atoms with Gasteiger partial charge in [-0.25, -0.2) is 0 Å². The molecule has 1 fully saturated rings. The third kappa shape index (κ3) is 3.28. The summed E-state index contributed by atoms with van der Waals surface area (Å²) in [6, 6.07) is 0. The highest BCUT2D eigenvalue weighted by molar-refractivity contribution is 4.84. The lowest BCUT2D eigenvalue weighted by Crippen LogP contribution is -2.29. The molecule has 1 rings (SSSR count). The van der Waals surface area contributed by atoms with Crippen LogP contribution in [0.15, 0.2) is 0 Å². The van der Waals surface area contributed by atoms with Crippen LogP contribution >= 0.6 is 0 Å². The molecular formula is C11H22O2. The Bertz CT molecular complexity index is 118. The van der Waals surface area contributed by atoms with Crippen molar-refractivity contribution in [2.75, 3.05) is 26.4 Å². The maximum Gasteiger partial charge on any atom is 0.0544 e. The van der Waals surface area contributed by atoms with E-state index in [1.165, 1.54) is 25.7 Å². The average molecular weight is 186 g/mol. The van der Waals surface area contributed by atoms with Gasteiger partial charge in [0.25, 0.3) is 0 Å². The van der Waals surface area contributed by atoms with Crippen LogP contribution < -0.4 is 0 Å². The third-order valence-electron chi connectivity index (χ3n) is 2.89. The predicted octanol–water partition coefficient (Wildman–Crippen LogP) is 2.62. The standard InChI is InChI=1S/C11H22O2/c1-3-12-9-11(10-13-4-2)7-5-6-8-11/h3-10H2,1-2H3. The van der Waals surface area contributed by atoms with Gasteiger partial charge in [-0.15, -0.1) is 0 Å². The number of hydrogen-bond donors (Lipinski definition) is 0. The van der Waals surface area contributed by atoms with E-state index in [2.05, 4.69) is 13.8 Å². The molecule has 0 bridgehead atoms. The normalized spacial score (nSPS) is 20.8. The second-order valence-corrected chi connectivity index (χ2v) is 3.98. The fourth-order valence-electron chi connectivity index (χ4n) is 2.09. The molecule has 0 aromatic heterocycles. The summed E-state index contributed by atoms with van der Waals surface area (Å²) < 4.78 is 11.1. The smallest absolute Gasteiger partial charge is 0.0544 e. The molecule has 0 atom stereocenters. The predicted molar refractivity (Wildman–Crippen MR) is 53.9 cm³/mol. The minimum atomic E-state index is 0.353. The zero-order valence-electron chi connectivity index (χ0n) is 8.97. The van der Waals surface area contributed by atoms with Crippen LogP contribution in [0.5, 0.6) is 0 Å². The summed E-state index contributed by atoms with van der Waals surface area (Å²) in [7, 11) is 0. The van der Waals surface area contributed by atoms with Crippen molar-refractivity contribution >= 4 is 0 Å².